The van der Waals surface area contributed by atoms with Crippen LogP contribution in [0.25, 0.3) is 0 Å². The fourth-order valence-electron chi connectivity index (χ4n) is 2.81. The molecule has 5 heteroatoms. The van der Waals surface area contributed by atoms with Crippen LogP contribution in [-0.2, 0) is 4.79 Å². The molecule has 0 unspecified atom stereocenters. The second-order valence-corrected chi connectivity index (χ2v) is 6.23. The Bertz CT molecular complexity index is 972. The van der Waals surface area contributed by atoms with Gasteiger partial charge in [-0.05, 0) is 36.4 Å². The summed E-state index contributed by atoms with van der Waals surface area (Å²) >= 11 is 0. The number of amides is 2. The zero-order valence-electron chi connectivity index (χ0n) is 16.0. The summed E-state index contributed by atoms with van der Waals surface area (Å²) in [5, 5.41) is 2.83. The van der Waals surface area contributed by atoms with Crippen LogP contribution in [-0.4, -0.2) is 25.0 Å². The number of carbonyl (C=O) groups is 2. The van der Waals surface area contributed by atoms with Gasteiger partial charge in [-0.2, -0.15) is 0 Å². The average molecular weight is 386 g/mol. The number of hydrogen-bond acceptors (Lipinski definition) is 3. The van der Waals surface area contributed by atoms with E-state index in [1.807, 2.05) is 48.5 Å². The first-order valence-electron chi connectivity index (χ1n) is 9.23. The van der Waals surface area contributed by atoms with Crippen molar-refractivity contribution in [3.63, 3.8) is 0 Å². The Kier molecular flexibility index (Phi) is 6.79. The Hall–Kier alpha value is -3.86. The molecule has 0 aliphatic rings. The van der Waals surface area contributed by atoms with Crippen molar-refractivity contribution in [1.82, 2.24) is 0 Å². The van der Waals surface area contributed by atoms with Crippen molar-refractivity contribution in [2.45, 2.75) is 0 Å². The highest BCUT2D eigenvalue weighted by atomic mass is 16.5. The van der Waals surface area contributed by atoms with Crippen LogP contribution < -0.4 is 15.0 Å². The average Bonchev–Trinajstić information content (AvgIpc) is 2.77. The second-order valence-electron chi connectivity index (χ2n) is 6.23. The van der Waals surface area contributed by atoms with E-state index in [1.54, 1.807) is 47.4 Å². The number of benzene rings is 3. The fraction of sp³-hybridized carbons (Fsp3) is 0.0833. The van der Waals surface area contributed by atoms with Gasteiger partial charge in [0.1, 0.15) is 5.75 Å². The molecule has 0 heterocycles. The number of carbonyl (C=O) groups excluding carboxylic acids is 2. The summed E-state index contributed by atoms with van der Waals surface area (Å²) in [6.07, 6.45) is 1.66. The summed E-state index contributed by atoms with van der Waals surface area (Å²) in [5.74, 6) is -0.180. The summed E-state index contributed by atoms with van der Waals surface area (Å²) in [7, 11) is 0. The molecule has 29 heavy (non-hydrogen) atoms. The van der Waals surface area contributed by atoms with Gasteiger partial charge in [0.25, 0.3) is 11.8 Å². The van der Waals surface area contributed by atoms with E-state index in [2.05, 4.69) is 11.9 Å². The van der Waals surface area contributed by atoms with E-state index >= 15 is 0 Å². The Morgan fingerprint density at radius 2 is 1.52 bits per heavy atom. The maximum atomic E-state index is 12.7. The molecule has 0 spiro atoms. The van der Waals surface area contributed by atoms with E-state index in [4.69, 9.17) is 4.74 Å². The van der Waals surface area contributed by atoms with Crippen LogP contribution in [0, 0.1) is 0 Å². The monoisotopic (exact) mass is 386 g/mol. The smallest absolute Gasteiger partial charge is 0.265 e. The molecule has 146 valence electrons. The largest absolute Gasteiger partial charge is 0.483 e. The van der Waals surface area contributed by atoms with Crippen LogP contribution in [0.1, 0.15) is 10.4 Å². The Morgan fingerprint density at radius 1 is 0.897 bits per heavy atom. The van der Waals surface area contributed by atoms with Crippen LogP contribution in [0.4, 0.5) is 11.4 Å². The highest BCUT2D eigenvalue weighted by Gasteiger charge is 2.17. The fourth-order valence-corrected chi connectivity index (χ4v) is 2.81. The number of rotatable bonds is 8. The summed E-state index contributed by atoms with van der Waals surface area (Å²) in [5.41, 5.74) is 1.81. The molecule has 0 saturated heterocycles. The molecular formula is C24H22N2O3. The van der Waals surface area contributed by atoms with E-state index < -0.39 is 0 Å². The van der Waals surface area contributed by atoms with Gasteiger partial charge in [-0.1, -0.05) is 54.6 Å². The van der Waals surface area contributed by atoms with Crippen LogP contribution >= 0.6 is 0 Å². The van der Waals surface area contributed by atoms with E-state index in [0.29, 0.717) is 23.5 Å². The number of anilines is 2. The SMILES string of the molecule is C=CCN(C(=O)COc1ccccc1C(=O)Nc1ccccc1)c1ccccc1. The first-order valence-corrected chi connectivity index (χ1v) is 9.23. The van der Waals surface area contributed by atoms with Crippen molar-refractivity contribution in [2.24, 2.45) is 0 Å². The summed E-state index contributed by atoms with van der Waals surface area (Å²) in [4.78, 5) is 27.0. The first kappa shape index (κ1) is 19.9. The highest BCUT2D eigenvalue weighted by molar-refractivity contribution is 6.06. The second kappa shape index (κ2) is 9.90. The lowest BCUT2D eigenvalue weighted by Crippen LogP contribution is -2.35. The maximum Gasteiger partial charge on any atom is 0.265 e. The van der Waals surface area contributed by atoms with Crippen LogP contribution in [0.2, 0.25) is 0 Å². The molecule has 0 saturated carbocycles. The highest BCUT2D eigenvalue weighted by Crippen LogP contribution is 2.20. The standard InChI is InChI=1S/C24H22N2O3/c1-2-17-26(20-13-7-4-8-14-20)23(27)18-29-22-16-10-9-15-21(22)24(28)25-19-11-5-3-6-12-19/h2-16H,1,17-18H2,(H,25,28). The van der Waals surface area contributed by atoms with E-state index in [1.165, 1.54) is 0 Å². The Morgan fingerprint density at radius 3 is 2.21 bits per heavy atom. The number of nitrogens with zero attached hydrogens (tertiary/aromatic N) is 1. The van der Waals surface area contributed by atoms with Crippen molar-refractivity contribution in [1.29, 1.82) is 0 Å². The van der Waals surface area contributed by atoms with Crippen molar-refractivity contribution >= 4 is 23.2 Å². The molecule has 0 bridgehead atoms. The molecule has 0 fully saturated rings. The van der Waals surface area contributed by atoms with Gasteiger partial charge in [0.15, 0.2) is 6.61 Å². The van der Waals surface area contributed by atoms with E-state index in [9.17, 15) is 9.59 Å². The van der Waals surface area contributed by atoms with Crippen molar-refractivity contribution in [3.8, 4) is 5.75 Å². The number of nitrogens with one attached hydrogen (secondary N) is 1. The summed E-state index contributed by atoms with van der Waals surface area (Å²) in [6.45, 7) is 3.88. The van der Waals surface area contributed by atoms with Gasteiger partial charge >= 0.3 is 0 Å². The molecule has 3 rings (SSSR count). The topological polar surface area (TPSA) is 58.6 Å². The number of hydrogen-bond donors (Lipinski definition) is 1. The van der Waals surface area contributed by atoms with Gasteiger partial charge < -0.3 is 15.0 Å². The lowest BCUT2D eigenvalue weighted by atomic mass is 10.2. The third-order valence-corrected chi connectivity index (χ3v) is 4.20. The number of ether oxygens (including phenoxy) is 1. The first-order chi connectivity index (χ1) is 14.2. The molecule has 1 N–H and O–H groups in total. The molecule has 0 aliphatic heterocycles. The summed E-state index contributed by atoms with van der Waals surface area (Å²) in [6, 6.07) is 25.3. The normalized spacial score (nSPS) is 10.1. The molecule has 3 aromatic carbocycles. The van der Waals surface area contributed by atoms with Crippen LogP contribution in [0.3, 0.4) is 0 Å². The Labute approximate surface area is 170 Å². The summed E-state index contributed by atoms with van der Waals surface area (Å²) < 4.78 is 5.72. The van der Waals surface area contributed by atoms with Crippen molar-refractivity contribution in [3.05, 3.63) is 103 Å². The number of para-hydroxylation sites is 3. The molecule has 2 amide bonds. The van der Waals surface area contributed by atoms with Crippen molar-refractivity contribution < 1.29 is 14.3 Å². The van der Waals surface area contributed by atoms with Crippen LogP contribution in [0.15, 0.2) is 97.6 Å². The molecule has 5 nitrogen and oxygen atoms in total. The van der Waals surface area contributed by atoms with Crippen LogP contribution in [0.5, 0.6) is 5.75 Å². The predicted octanol–water partition coefficient (Wildman–Crippen LogP) is 4.54. The van der Waals surface area contributed by atoms with E-state index in [0.717, 1.165) is 5.69 Å². The third kappa shape index (κ3) is 5.32. The zero-order valence-corrected chi connectivity index (χ0v) is 16.0. The van der Waals surface area contributed by atoms with Gasteiger partial charge in [0, 0.05) is 17.9 Å². The van der Waals surface area contributed by atoms with Gasteiger partial charge in [-0.25, -0.2) is 0 Å². The third-order valence-electron chi connectivity index (χ3n) is 4.20. The molecule has 0 aliphatic carbocycles. The lowest BCUT2D eigenvalue weighted by Gasteiger charge is -2.21. The minimum Gasteiger partial charge on any atom is -0.483 e. The van der Waals surface area contributed by atoms with Gasteiger partial charge in [-0.3, -0.25) is 9.59 Å². The van der Waals surface area contributed by atoms with Gasteiger partial charge in [-0.15, -0.1) is 6.58 Å². The van der Waals surface area contributed by atoms with E-state index in [-0.39, 0.29) is 18.4 Å². The minimum atomic E-state index is -0.301. The quantitative estimate of drug-likeness (QED) is 0.579. The molecule has 0 aromatic heterocycles. The molecule has 3 aromatic rings. The zero-order chi connectivity index (χ0) is 20.5. The predicted molar refractivity (Wildman–Crippen MR) is 115 cm³/mol. The molecule has 0 atom stereocenters. The maximum absolute atomic E-state index is 12.7. The van der Waals surface area contributed by atoms with Gasteiger partial charge in [0.05, 0.1) is 5.56 Å². The molecular weight excluding hydrogens is 364 g/mol. The lowest BCUT2D eigenvalue weighted by molar-refractivity contribution is -0.120. The van der Waals surface area contributed by atoms with Crippen molar-refractivity contribution in [2.75, 3.05) is 23.4 Å². The molecule has 0 radical (unpaired) electrons. The van der Waals surface area contributed by atoms with Gasteiger partial charge in [0.2, 0.25) is 0 Å². The minimum absolute atomic E-state index is 0.196. The Balaban J connectivity index is 1.71.